The van der Waals surface area contributed by atoms with E-state index in [0.717, 1.165) is 0 Å². The lowest BCUT2D eigenvalue weighted by Crippen LogP contribution is -2.54. The molecule has 0 rings (SSSR count). The van der Waals surface area contributed by atoms with Crippen molar-refractivity contribution in [2.24, 2.45) is 0 Å². The van der Waals surface area contributed by atoms with E-state index in [1.807, 2.05) is 4.74 Å². The zero-order valence-corrected chi connectivity index (χ0v) is 15.5. The Balaban J connectivity index is 5.23. The Morgan fingerprint density at radius 2 is 0.941 bits per heavy atom. The molecule has 0 aliphatic carbocycles. The largest absolute Gasteiger partial charge is 0.527 e. The normalized spacial score (nSPS) is 16.1. The predicted octanol–water partition coefficient (Wildman–Crippen LogP) is 3.50. The summed E-state index contributed by atoms with van der Waals surface area (Å²) in [6, 6.07) is 0. The molecule has 206 valence electrons. The first kappa shape index (κ1) is 32.7. The van der Waals surface area contributed by atoms with Gasteiger partial charge in [-0.2, -0.15) is 52.7 Å². The van der Waals surface area contributed by atoms with E-state index in [9.17, 15) is 65.9 Å². The van der Waals surface area contributed by atoms with Gasteiger partial charge in [-0.25, -0.2) is 14.2 Å². The fourth-order valence-corrected chi connectivity index (χ4v) is 1.38. The average Bonchev–Trinajstić information content (AvgIpc) is 2.55. The minimum absolute atomic E-state index is 1.08. The quantitative estimate of drug-likeness (QED) is 0.301. The maximum Gasteiger partial charge on any atom is 0.527 e. The zero-order chi connectivity index (χ0) is 27.4. The van der Waals surface area contributed by atoms with Crippen molar-refractivity contribution in [1.29, 1.82) is 0 Å². The van der Waals surface area contributed by atoms with Gasteiger partial charge in [0.1, 0.15) is 19.3 Å². The zero-order valence-electron chi connectivity index (χ0n) is 15.5. The van der Waals surface area contributed by atoms with E-state index in [-0.39, 0.29) is 0 Å². The van der Waals surface area contributed by atoms with Gasteiger partial charge in [0.2, 0.25) is 0 Å². The second-order valence-corrected chi connectivity index (χ2v) is 5.73. The van der Waals surface area contributed by atoms with Crippen LogP contribution in [0.4, 0.5) is 65.9 Å². The molecule has 0 spiro atoms. The smallest absolute Gasteiger partial charge is 0.394 e. The number of aliphatic hydroxyl groups is 2. The minimum Gasteiger partial charge on any atom is -0.394 e. The highest BCUT2D eigenvalue weighted by molar-refractivity contribution is 4.74. The molecule has 0 aromatic carbocycles. The predicted molar refractivity (Wildman–Crippen MR) is 68.9 cm³/mol. The van der Waals surface area contributed by atoms with Crippen LogP contribution in [0.1, 0.15) is 0 Å². The summed E-state index contributed by atoms with van der Waals surface area (Å²) in [4.78, 5) is 0. The molecule has 0 radical (unpaired) electrons. The third kappa shape index (κ3) is 10.5. The van der Waals surface area contributed by atoms with Crippen LogP contribution >= 0.6 is 0 Å². The standard InChI is InChI=1S/C12H11F15O7/c13-6(14,3-30-2-5(29)1-28)32-10(21,22)11(23,24)33-7(15,16)4-31-8(17,18)9(19,20)34-12(25,26)27/h5,28-29H,1-4H2. The van der Waals surface area contributed by atoms with Crippen molar-refractivity contribution < 1.29 is 99.8 Å². The Kier molecular flexibility index (Phi) is 10.3. The monoisotopic (exact) mass is 552 g/mol. The molecule has 0 aromatic rings. The van der Waals surface area contributed by atoms with Crippen LogP contribution in [0.15, 0.2) is 0 Å². The van der Waals surface area contributed by atoms with Crippen molar-refractivity contribution in [2.45, 2.75) is 49.1 Å². The molecule has 0 saturated heterocycles. The van der Waals surface area contributed by atoms with E-state index in [4.69, 9.17) is 10.2 Å². The number of ether oxygens (including phenoxy) is 5. The highest BCUT2D eigenvalue weighted by Crippen LogP contribution is 2.45. The van der Waals surface area contributed by atoms with Gasteiger partial charge in [-0.1, -0.05) is 0 Å². The minimum atomic E-state index is -6.84. The maximum absolute atomic E-state index is 13.2. The first-order valence-corrected chi connectivity index (χ1v) is 7.73. The summed E-state index contributed by atoms with van der Waals surface area (Å²) in [6.45, 7) is -8.16. The molecule has 0 fully saturated rings. The average molecular weight is 552 g/mol. The molecular formula is C12H11F15O7. The van der Waals surface area contributed by atoms with Crippen LogP contribution in [0.25, 0.3) is 0 Å². The lowest BCUT2D eigenvalue weighted by molar-refractivity contribution is -0.530. The molecule has 0 aliphatic rings. The topological polar surface area (TPSA) is 86.6 Å². The molecule has 0 aromatic heterocycles. The van der Waals surface area contributed by atoms with Crippen molar-refractivity contribution in [3.05, 3.63) is 0 Å². The number of halogens is 15. The first-order valence-electron chi connectivity index (χ1n) is 7.73. The van der Waals surface area contributed by atoms with Crippen molar-refractivity contribution in [3.63, 3.8) is 0 Å². The van der Waals surface area contributed by atoms with Gasteiger partial charge in [-0.3, -0.25) is 0 Å². The SMILES string of the molecule is OCC(O)COCC(F)(F)OC(F)(F)C(F)(F)OC(F)(F)COC(F)(F)C(F)(F)OC(F)(F)F. The van der Waals surface area contributed by atoms with Gasteiger partial charge in [0.25, 0.3) is 0 Å². The molecule has 2 N–H and O–H groups in total. The number of alkyl halides is 15. The molecule has 0 heterocycles. The van der Waals surface area contributed by atoms with Gasteiger partial charge in [-0.15, -0.1) is 13.2 Å². The van der Waals surface area contributed by atoms with Crippen LogP contribution in [0.2, 0.25) is 0 Å². The summed E-state index contributed by atoms with van der Waals surface area (Å²) in [7, 11) is 0. The molecule has 0 bridgehead atoms. The summed E-state index contributed by atoms with van der Waals surface area (Å²) in [5, 5.41) is 17.1. The molecule has 22 heteroatoms. The molecule has 0 saturated carbocycles. The van der Waals surface area contributed by atoms with Crippen molar-refractivity contribution >= 4 is 0 Å². The Hall–Kier alpha value is -1.33. The van der Waals surface area contributed by atoms with Crippen LogP contribution in [0, 0.1) is 0 Å². The third-order valence-corrected chi connectivity index (χ3v) is 2.69. The van der Waals surface area contributed by atoms with Crippen molar-refractivity contribution in [3.8, 4) is 0 Å². The highest BCUT2D eigenvalue weighted by Gasteiger charge is 2.69. The van der Waals surface area contributed by atoms with Crippen LogP contribution in [0.5, 0.6) is 0 Å². The van der Waals surface area contributed by atoms with E-state index in [2.05, 4.69) is 14.2 Å². The van der Waals surface area contributed by atoms with Crippen molar-refractivity contribution in [1.82, 2.24) is 0 Å². The van der Waals surface area contributed by atoms with Crippen LogP contribution < -0.4 is 0 Å². The molecule has 0 aliphatic heterocycles. The summed E-state index contributed by atoms with van der Waals surface area (Å²) in [5.74, 6) is 0. The van der Waals surface area contributed by atoms with E-state index >= 15 is 0 Å². The number of aliphatic hydroxyl groups excluding tert-OH is 2. The molecule has 1 atom stereocenters. The summed E-state index contributed by atoms with van der Waals surface area (Å²) < 4.78 is 203. The van der Waals surface area contributed by atoms with Crippen LogP contribution in [0.3, 0.4) is 0 Å². The van der Waals surface area contributed by atoms with Gasteiger partial charge in [0, 0.05) is 0 Å². The molecule has 7 nitrogen and oxygen atoms in total. The Morgan fingerprint density at radius 3 is 1.32 bits per heavy atom. The second-order valence-electron chi connectivity index (χ2n) is 5.73. The number of hydrogen-bond donors (Lipinski definition) is 2. The van der Waals surface area contributed by atoms with E-state index in [1.165, 1.54) is 0 Å². The van der Waals surface area contributed by atoms with Crippen molar-refractivity contribution in [2.75, 3.05) is 26.4 Å². The van der Waals surface area contributed by atoms with Gasteiger partial charge in [-0.05, 0) is 0 Å². The Labute approximate surface area is 176 Å². The van der Waals surface area contributed by atoms with E-state index in [1.54, 1.807) is 4.74 Å². The van der Waals surface area contributed by atoms with Gasteiger partial charge < -0.3 is 19.7 Å². The van der Waals surface area contributed by atoms with E-state index in [0.29, 0.717) is 0 Å². The first-order chi connectivity index (χ1) is 14.8. The highest BCUT2D eigenvalue weighted by atomic mass is 19.4. The Morgan fingerprint density at radius 1 is 0.559 bits per heavy atom. The fourth-order valence-electron chi connectivity index (χ4n) is 1.38. The summed E-state index contributed by atoms with van der Waals surface area (Å²) >= 11 is 0. The lowest BCUT2D eigenvalue weighted by Gasteiger charge is -2.32. The summed E-state index contributed by atoms with van der Waals surface area (Å²) in [6.07, 6.45) is -46.8. The van der Waals surface area contributed by atoms with Gasteiger partial charge in [0.15, 0.2) is 0 Å². The van der Waals surface area contributed by atoms with Gasteiger partial charge >= 0.3 is 43.0 Å². The fraction of sp³-hybridized carbons (Fsp3) is 1.00. The van der Waals surface area contributed by atoms with Crippen LogP contribution in [-0.4, -0.2) is 85.8 Å². The van der Waals surface area contributed by atoms with Crippen LogP contribution in [-0.2, 0) is 23.7 Å². The van der Waals surface area contributed by atoms with Gasteiger partial charge in [0.05, 0.1) is 13.2 Å². The molecule has 0 amide bonds. The number of rotatable bonds is 15. The summed E-state index contributed by atoms with van der Waals surface area (Å²) in [5.41, 5.74) is 0. The second kappa shape index (κ2) is 10.7. The number of hydrogen-bond acceptors (Lipinski definition) is 7. The molecular weight excluding hydrogens is 541 g/mol. The third-order valence-electron chi connectivity index (χ3n) is 2.69. The maximum atomic E-state index is 13.2. The lowest BCUT2D eigenvalue weighted by atomic mass is 10.4. The molecule has 34 heavy (non-hydrogen) atoms. The van der Waals surface area contributed by atoms with E-state index < -0.39 is 75.5 Å². The Bertz CT molecular complexity index is 640. The molecule has 1 unspecified atom stereocenters.